The first kappa shape index (κ1) is 21.5. The molecule has 0 aromatic heterocycles. The summed E-state index contributed by atoms with van der Waals surface area (Å²) >= 11 is 0. The molecule has 0 spiro atoms. The minimum atomic E-state index is -0.157. The largest absolute Gasteiger partial charge is 1.00 e. The molecule has 0 bridgehead atoms. The molecule has 1 saturated heterocycles. The molecule has 1 fully saturated rings. The highest BCUT2D eigenvalue weighted by Gasteiger charge is 2.31. The molecule has 2 N–H and O–H groups in total. The van der Waals surface area contributed by atoms with E-state index in [4.69, 9.17) is 9.47 Å². The van der Waals surface area contributed by atoms with Crippen LogP contribution in [0.15, 0.2) is 48.5 Å². The summed E-state index contributed by atoms with van der Waals surface area (Å²) in [5.41, 5.74) is 2.51. The molecule has 1 aliphatic rings. The number of hydrogen-bond donors (Lipinski definition) is 2. The van der Waals surface area contributed by atoms with Crippen molar-refractivity contribution >= 4 is 0 Å². The number of ether oxygens (including phenoxy) is 2. The lowest BCUT2D eigenvalue weighted by Gasteiger charge is -2.17. The van der Waals surface area contributed by atoms with E-state index in [1.807, 2.05) is 18.2 Å². The molecule has 2 aromatic carbocycles. The van der Waals surface area contributed by atoms with Crippen molar-refractivity contribution in [1.29, 1.82) is 0 Å². The second-order valence-electron chi connectivity index (χ2n) is 7.23. The normalized spacial score (nSPS) is 21.5. The highest BCUT2D eigenvalue weighted by Crippen LogP contribution is 2.22. The van der Waals surface area contributed by atoms with Crippen LogP contribution in [-0.2, 0) is 12.8 Å². The van der Waals surface area contributed by atoms with Gasteiger partial charge in [-0.2, -0.15) is 0 Å². The number of para-hydroxylation sites is 1. The monoisotopic (exact) mass is 391 g/mol. The van der Waals surface area contributed by atoms with E-state index < -0.39 is 0 Å². The second-order valence-corrected chi connectivity index (χ2v) is 7.23. The number of benzene rings is 2. The lowest BCUT2D eigenvalue weighted by Crippen LogP contribution is -3.11. The highest BCUT2D eigenvalue weighted by molar-refractivity contribution is 5.35. The Morgan fingerprint density at radius 1 is 1.11 bits per heavy atom. The smallest absolute Gasteiger partial charge is 0.122 e. The fourth-order valence-corrected chi connectivity index (χ4v) is 3.78. The molecule has 1 aliphatic heterocycles. The van der Waals surface area contributed by atoms with Crippen molar-refractivity contribution in [2.75, 3.05) is 27.3 Å². The lowest BCUT2D eigenvalue weighted by atomic mass is 10.0. The van der Waals surface area contributed by atoms with Crippen molar-refractivity contribution in [3.05, 3.63) is 59.7 Å². The topological polar surface area (TPSA) is 43.1 Å². The average Bonchev–Trinajstić information content (AvgIpc) is 2.98. The minimum Gasteiger partial charge on any atom is -1.00 e. The molecule has 0 aliphatic carbocycles. The summed E-state index contributed by atoms with van der Waals surface area (Å²) in [7, 11) is 3.85. The third kappa shape index (κ3) is 6.13. The van der Waals surface area contributed by atoms with Crippen molar-refractivity contribution in [3.8, 4) is 11.5 Å². The molecule has 1 heterocycles. The average molecular weight is 392 g/mol. The van der Waals surface area contributed by atoms with E-state index in [0.717, 1.165) is 43.7 Å². The number of hydrogen-bond acceptors (Lipinski definition) is 3. The standard InChI is InChI=1S/C22H29NO3.ClH/c1-23-16-20(24)15-19(23)12-13-26-22-9-4-3-7-18(22)11-10-17-6-5-8-21(14-17)25-2;/h3-9,14,19-20,24H,10-13,15-16H2,1-2H3;1H/t19-,20+;/m0./s1. The summed E-state index contributed by atoms with van der Waals surface area (Å²) in [5.74, 6) is 1.88. The van der Waals surface area contributed by atoms with Gasteiger partial charge >= 0.3 is 0 Å². The molecule has 148 valence electrons. The van der Waals surface area contributed by atoms with Crippen LogP contribution < -0.4 is 26.8 Å². The van der Waals surface area contributed by atoms with Gasteiger partial charge in [0.25, 0.3) is 0 Å². The third-order valence-corrected chi connectivity index (χ3v) is 5.32. The molecule has 0 saturated carbocycles. The van der Waals surface area contributed by atoms with Gasteiger partial charge in [-0.25, -0.2) is 0 Å². The number of likely N-dealkylation sites (tertiary alicyclic amines) is 1. The predicted molar refractivity (Wildman–Crippen MR) is 103 cm³/mol. The van der Waals surface area contributed by atoms with Gasteiger partial charge in [-0.15, -0.1) is 0 Å². The first-order valence-electron chi connectivity index (χ1n) is 9.49. The summed E-state index contributed by atoms with van der Waals surface area (Å²) in [6.07, 6.45) is 3.60. The van der Waals surface area contributed by atoms with Crippen LogP contribution >= 0.6 is 0 Å². The Balaban J connectivity index is 0.00000261. The van der Waals surface area contributed by atoms with Crippen LogP contribution in [0.25, 0.3) is 0 Å². The van der Waals surface area contributed by atoms with Gasteiger partial charge in [-0.05, 0) is 42.2 Å². The quantitative estimate of drug-likeness (QED) is 0.600. The van der Waals surface area contributed by atoms with Crippen molar-refractivity contribution in [1.82, 2.24) is 0 Å². The first-order chi connectivity index (χ1) is 12.7. The van der Waals surface area contributed by atoms with Crippen LogP contribution in [0.1, 0.15) is 24.0 Å². The van der Waals surface area contributed by atoms with Crippen LogP contribution in [0.4, 0.5) is 0 Å². The Morgan fingerprint density at radius 2 is 1.93 bits per heavy atom. The Hall–Kier alpha value is -1.75. The third-order valence-electron chi connectivity index (χ3n) is 5.32. The number of methoxy groups -OCH3 is 1. The van der Waals surface area contributed by atoms with Gasteiger partial charge in [0.15, 0.2) is 0 Å². The maximum atomic E-state index is 9.78. The Labute approximate surface area is 168 Å². The van der Waals surface area contributed by atoms with E-state index in [1.165, 1.54) is 16.0 Å². The highest BCUT2D eigenvalue weighted by atomic mass is 35.5. The van der Waals surface area contributed by atoms with Crippen LogP contribution in [0.5, 0.6) is 11.5 Å². The molecule has 3 rings (SSSR count). The summed E-state index contributed by atoms with van der Waals surface area (Å²) in [4.78, 5) is 1.41. The molecule has 0 radical (unpaired) electrons. The van der Waals surface area contributed by atoms with Crippen LogP contribution in [0, 0.1) is 0 Å². The molecule has 27 heavy (non-hydrogen) atoms. The van der Waals surface area contributed by atoms with Gasteiger partial charge in [0.2, 0.25) is 0 Å². The number of nitrogens with one attached hydrogen (secondary N) is 1. The Morgan fingerprint density at radius 3 is 2.67 bits per heavy atom. The number of aryl methyl sites for hydroxylation is 2. The zero-order valence-corrected chi connectivity index (χ0v) is 16.9. The summed E-state index contributed by atoms with van der Waals surface area (Å²) < 4.78 is 11.4. The van der Waals surface area contributed by atoms with Crippen LogP contribution in [-0.4, -0.2) is 44.6 Å². The van der Waals surface area contributed by atoms with E-state index >= 15 is 0 Å². The fourth-order valence-electron chi connectivity index (χ4n) is 3.78. The van der Waals surface area contributed by atoms with Gasteiger partial charge < -0.3 is 31.9 Å². The molecular weight excluding hydrogens is 362 g/mol. The lowest BCUT2D eigenvalue weighted by molar-refractivity contribution is -0.893. The van der Waals surface area contributed by atoms with Crippen LogP contribution in [0.2, 0.25) is 0 Å². The van der Waals surface area contributed by atoms with E-state index in [2.05, 4.69) is 37.4 Å². The van der Waals surface area contributed by atoms with E-state index in [0.29, 0.717) is 12.6 Å². The SMILES string of the molecule is COc1cccc(CCc2ccccc2OCC[C@H]2C[C@@H](O)C[NH+]2C)c1.[Cl-]. The predicted octanol–water partition coefficient (Wildman–Crippen LogP) is -1.10. The second kappa shape index (κ2) is 10.5. The molecule has 1 unspecified atom stereocenters. The van der Waals surface area contributed by atoms with Gasteiger partial charge in [0, 0.05) is 12.8 Å². The van der Waals surface area contributed by atoms with Crippen molar-refractivity contribution < 1.29 is 31.9 Å². The summed E-state index contributed by atoms with van der Waals surface area (Å²) in [5, 5.41) is 9.78. The fraction of sp³-hybridized carbons (Fsp3) is 0.455. The molecule has 4 nitrogen and oxygen atoms in total. The van der Waals surface area contributed by atoms with Gasteiger partial charge in [-0.1, -0.05) is 30.3 Å². The zero-order valence-electron chi connectivity index (χ0n) is 16.2. The number of aliphatic hydroxyl groups is 1. The Bertz CT molecular complexity index is 709. The number of halogens is 1. The van der Waals surface area contributed by atoms with Gasteiger partial charge in [-0.3, -0.25) is 0 Å². The van der Waals surface area contributed by atoms with Gasteiger partial charge in [0.1, 0.15) is 24.1 Å². The zero-order chi connectivity index (χ0) is 18.4. The maximum absolute atomic E-state index is 9.78. The minimum absolute atomic E-state index is 0. The molecule has 2 aromatic rings. The molecule has 3 atom stereocenters. The van der Waals surface area contributed by atoms with Crippen molar-refractivity contribution in [3.63, 3.8) is 0 Å². The Kier molecular flexibility index (Phi) is 8.42. The summed E-state index contributed by atoms with van der Waals surface area (Å²) in [6, 6.07) is 17.0. The number of quaternary nitrogens is 1. The first-order valence-corrected chi connectivity index (χ1v) is 9.49. The van der Waals surface area contributed by atoms with E-state index in [-0.39, 0.29) is 18.5 Å². The number of rotatable bonds is 8. The van der Waals surface area contributed by atoms with Gasteiger partial charge in [0.05, 0.1) is 26.8 Å². The van der Waals surface area contributed by atoms with E-state index in [1.54, 1.807) is 7.11 Å². The van der Waals surface area contributed by atoms with E-state index in [9.17, 15) is 5.11 Å². The van der Waals surface area contributed by atoms with Crippen molar-refractivity contribution in [2.24, 2.45) is 0 Å². The maximum Gasteiger partial charge on any atom is 0.122 e. The molecule has 5 heteroatoms. The number of aliphatic hydroxyl groups excluding tert-OH is 1. The molecule has 0 amide bonds. The molecular formula is C22H30ClNO3. The number of likely N-dealkylation sites (N-methyl/N-ethyl adjacent to an activating group) is 1. The summed E-state index contributed by atoms with van der Waals surface area (Å²) in [6.45, 7) is 1.55. The van der Waals surface area contributed by atoms with Crippen molar-refractivity contribution in [2.45, 2.75) is 37.8 Å². The van der Waals surface area contributed by atoms with Crippen LogP contribution in [0.3, 0.4) is 0 Å².